The van der Waals surface area contributed by atoms with Crippen LogP contribution in [-0.2, 0) is 11.3 Å². The number of carbonyl (C=O) groups excluding carboxylic acids is 1. The van der Waals surface area contributed by atoms with E-state index in [9.17, 15) is 4.79 Å². The highest BCUT2D eigenvalue weighted by atomic mass is 16.5. The van der Waals surface area contributed by atoms with Gasteiger partial charge in [-0.05, 0) is 17.7 Å². The maximum absolute atomic E-state index is 11.8. The number of benzene rings is 1. The Bertz CT molecular complexity index is 498. The Morgan fingerprint density at radius 2 is 2.05 bits per heavy atom. The molecule has 0 saturated heterocycles. The summed E-state index contributed by atoms with van der Waals surface area (Å²) in [6, 6.07) is 9.24. The molecule has 0 aliphatic rings. The van der Waals surface area contributed by atoms with Gasteiger partial charge in [0.25, 0.3) is 5.91 Å². The summed E-state index contributed by atoms with van der Waals surface area (Å²) in [5.41, 5.74) is 1.02. The number of amides is 1. The van der Waals surface area contributed by atoms with E-state index >= 15 is 0 Å². The molecule has 1 aromatic carbocycles. The van der Waals surface area contributed by atoms with E-state index in [0.29, 0.717) is 6.54 Å². The second-order valence-electron chi connectivity index (χ2n) is 4.15. The summed E-state index contributed by atoms with van der Waals surface area (Å²) in [7, 11) is 5.12. The Morgan fingerprint density at radius 3 is 2.53 bits per heavy atom. The van der Waals surface area contributed by atoms with Crippen LogP contribution in [0, 0.1) is 11.3 Å². The van der Waals surface area contributed by atoms with E-state index in [1.165, 1.54) is 6.20 Å². The lowest BCUT2D eigenvalue weighted by Crippen LogP contribution is -2.25. The van der Waals surface area contributed by atoms with Gasteiger partial charge in [0.05, 0.1) is 7.11 Å². The Labute approximate surface area is 113 Å². The minimum absolute atomic E-state index is 0.0820. The van der Waals surface area contributed by atoms with Gasteiger partial charge in [-0.3, -0.25) is 4.79 Å². The van der Waals surface area contributed by atoms with Gasteiger partial charge in [-0.2, -0.15) is 5.26 Å². The van der Waals surface area contributed by atoms with Crippen molar-refractivity contribution in [3.8, 4) is 11.8 Å². The summed E-state index contributed by atoms with van der Waals surface area (Å²) in [5, 5.41) is 11.6. The fourth-order valence-corrected chi connectivity index (χ4v) is 1.42. The normalized spacial score (nSPS) is 10.5. The average Bonchev–Trinajstić information content (AvgIpc) is 2.42. The molecule has 1 rings (SSSR count). The lowest BCUT2D eigenvalue weighted by Gasteiger charge is -2.08. The largest absolute Gasteiger partial charge is 0.497 e. The van der Waals surface area contributed by atoms with Crippen molar-refractivity contribution < 1.29 is 9.53 Å². The quantitative estimate of drug-likeness (QED) is 0.639. The first-order chi connectivity index (χ1) is 9.06. The molecule has 5 heteroatoms. The van der Waals surface area contributed by atoms with E-state index < -0.39 is 0 Å². The number of rotatable bonds is 5. The van der Waals surface area contributed by atoms with E-state index in [2.05, 4.69) is 5.32 Å². The number of hydrogen-bond donors (Lipinski definition) is 1. The first-order valence-corrected chi connectivity index (χ1v) is 5.76. The summed E-state index contributed by atoms with van der Waals surface area (Å²) < 4.78 is 5.05. The van der Waals surface area contributed by atoms with Crippen molar-refractivity contribution >= 4 is 5.91 Å². The van der Waals surface area contributed by atoms with Crippen molar-refractivity contribution in [2.45, 2.75) is 6.54 Å². The maximum atomic E-state index is 11.8. The second kappa shape index (κ2) is 7.07. The molecule has 0 aromatic heterocycles. The topological polar surface area (TPSA) is 65.4 Å². The third-order valence-electron chi connectivity index (χ3n) is 2.36. The van der Waals surface area contributed by atoms with Crippen LogP contribution in [0.5, 0.6) is 5.75 Å². The molecule has 0 atom stereocenters. The molecule has 0 fully saturated rings. The Morgan fingerprint density at radius 1 is 1.42 bits per heavy atom. The molecular weight excluding hydrogens is 242 g/mol. The fourth-order valence-electron chi connectivity index (χ4n) is 1.42. The highest BCUT2D eigenvalue weighted by molar-refractivity contribution is 5.97. The zero-order valence-electron chi connectivity index (χ0n) is 11.3. The molecule has 5 nitrogen and oxygen atoms in total. The van der Waals surface area contributed by atoms with Crippen LogP contribution in [-0.4, -0.2) is 32.0 Å². The van der Waals surface area contributed by atoms with Crippen LogP contribution in [0.4, 0.5) is 0 Å². The first kappa shape index (κ1) is 14.6. The monoisotopic (exact) mass is 259 g/mol. The van der Waals surface area contributed by atoms with Gasteiger partial charge in [0.1, 0.15) is 17.4 Å². The van der Waals surface area contributed by atoms with Gasteiger partial charge in [-0.25, -0.2) is 0 Å². The molecule has 0 heterocycles. The number of nitrogens with one attached hydrogen (secondary N) is 1. The number of ether oxygens (including phenoxy) is 1. The van der Waals surface area contributed by atoms with Crippen molar-refractivity contribution in [2.24, 2.45) is 0 Å². The smallest absolute Gasteiger partial charge is 0.263 e. The highest BCUT2D eigenvalue weighted by Crippen LogP contribution is 2.11. The SMILES string of the molecule is COc1ccc(CNC(=O)C(C#N)=CN(C)C)cc1. The molecule has 1 N–H and O–H groups in total. The number of carbonyl (C=O) groups is 1. The van der Waals surface area contributed by atoms with Gasteiger partial charge in [0.2, 0.25) is 0 Å². The van der Waals surface area contributed by atoms with Gasteiger partial charge in [0, 0.05) is 26.8 Å². The first-order valence-electron chi connectivity index (χ1n) is 5.76. The minimum Gasteiger partial charge on any atom is -0.497 e. The van der Waals surface area contributed by atoms with Crippen LogP contribution in [0.2, 0.25) is 0 Å². The van der Waals surface area contributed by atoms with Crippen LogP contribution < -0.4 is 10.1 Å². The summed E-state index contributed by atoms with van der Waals surface area (Å²) in [6.45, 7) is 0.370. The van der Waals surface area contributed by atoms with Crippen LogP contribution in [0.3, 0.4) is 0 Å². The molecule has 0 aliphatic carbocycles. The lowest BCUT2D eigenvalue weighted by molar-refractivity contribution is -0.117. The van der Waals surface area contributed by atoms with E-state index in [1.807, 2.05) is 30.3 Å². The molecule has 0 unspecified atom stereocenters. The number of hydrogen-bond acceptors (Lipinski definition) is 4. The lowest BCUT2D eigenvalue weighted by atomic mass is 10.2. The van der Waals surface area contributed by atoms with Gasteiger partial charge in [-0.1, -0.05) is 12.1 Å². The minimum atomic E-state index is -0.382. The Balaban J connectivity index is 2.60. The summed E-state index contributed by atoms with van der Waals surface area (Å²) >= 11 is 0. The summed E-state index contributed by atoms with van der Waals surface area (Å²) in [4.78, 5) is 13.4. The molecule has 1 amide bonds. The Hall–Kier alpha value is -2.48. The molecule has 0 spiro atoms. The number of methoxy groups -OCH3 is 1. The molecule has 0 bridgehead atoms. The van der Waals surface area contributed by atoms with Crippen molar-refractivity contribution in [3.63, 3.8) is 0 Å². The fraction of sp³-hybridized carbons (Fsp3) is 0.286. The predicted molar refractivity (Wildman–Crippen MR) is 72.2 cm³/mol. The van der Waals surface area contributed by atoms with Crippen molar-refractivity contribution in [2.75, 3.05) is 21.2 Å². The molecule has 0 radical (unpaired) electrons. The van der Waals surface area contributed by atoms with Crippen molar-refractivity contribution in [1.29, 1.82) is 5.26 Å². The third kappa shape index (κ3) is 4.72. The standard InChI is InChI=1S/C14H17N3O2/c1-17(2)10-12(8-15)14(18)16-9-11-4-6-13(19-3)7-5-11/h4-7,10H,9H2,1-3H3,(H,16,18). The van der Waals surface area contributed by atoms with E-state index in [4.69, 9.17) is 10.00 Å². The van der Waals surface area contributed by atoms with Gasteiger partial charge >= 0.3 is 0 Å². The van der Waals surface area contributed by atoms with Gasteiger partial charge < -0.3 is 15.0 Å². The van der Waals surface area contributed by atoms with E-state index in [1.54, 1.807) is 26.1 Å². The predicted octanol–water partition coefficient (Wildman–Crippen LogP) is 1.28. The van der Waals surface area contributed by atoms with E-state index in [0.717, 1.165) is 11.3 Å². The highest BCUT2D eigenvalue weighted by Gasteiger charge is 2.08. The van der Waals surface area contributed by atoms with Crippen molar-refractivity contribution in [1.82, 2.24) is 10.2 Å². The number of nitrogens with zero attached hydrogens (tertiary/aromatic N) is 2. The molecular formula is C14H17N3O2. The van der Waals surface area contributed by atoms with Crippen LogP contribution in [0.15, 0.2) is 36.0 Å². The molecule has 0 aliphatic heterocycles. The van der Waals surface area contributed by atoms with Gasteiger partial charge in [-0.15, -0.1) is 0 Å². The number of nitriles is 1. The summed E-state index contributed by atoms with van der Waals surface area (Å²) in [6.07, 6.45) is 1.49. The Kier molecular flexibility index (Phi) is 5.42. The van der Waals surface area contributed by atoms with Crippen LogP contribution in [0.1, 0.15) is 5.56 Å². The zero-order valence-corrected chi connectivity index (χ0v) is 11.3. The van der Waals surface area contributed by atoms with Crippen molar-refractivity contribution in [3.05, 3.63) is 41.6 Å². The van der Waals surface area contributed by atoms with Crippen LogP contribution in [0.25, 0.3) is 0 Å². The average molecular weight is 259 g/mol. The molecule has 1 aromatic rings. The van der Waals surface area contributed by atoms with E-state index in [-0.39, 0.29) is 11.5 Å². The maximum Gasteiger partial charge on any atom is 0.263 e. The van der Waals surface area contributed by atoms with Crippen LogP contribution >= 0.6 is 0 Å². The summed E-state index contributed by atoms with van der Waals surface area (Å²) in [5.74, 6) is 0.382. The molecule has 100 valence electrons. The van der Waals surface area contributed by atoms with Gasteiger partial charge in [0.15, 0.2) is 0 Å². The molecule has 0 saturated carbocycles. The third-order valence-corrected chi connectivity index (χ3v) is 2.36. The zero-order chi connectivity index (χ0) is 14.3. The second-order valence-corrected chi connectivity index (χ2v) is 4.15. The molecule has 19 heavy (non-hydrogen) atoms.